The molecule has 2 fully saturated rings. The van der Waals surface area contributed by atoms with Gasteiger partial charge in [-0.25, -0.2) is 0 Å². The first-order valence-electron chi connectivity index (χ1n) is 12.5. The average Bonchev–Trinajstić information content (AvgIpc) is 3.13. The molecular weight excluding hydrogens is 496 g/mol. The van der Waals surface area contributed by atoms with Crippen molar-refractivity contribution in [3.8, 4) is 6.07 Å². The summed E-state index contributed by atoms with van der Waals surface area (Å²) >= 11 is 6.69. The number of piperidine rings is 1. The molecule has 3 rings (SSSR count). The van der Waals surface area contributed by atoms with Crippen molar-refractivity contribution in [2.45, 2.75) is 72.9 Å². The first kappa shape index (κ1) is 27.9. The summed E-state index contributed by atoms with van der Waals surface area (Å²) in [5, 5.41) is 9.84. The second-order valence-corrected chi connectivity index (χ2v) is 11.0. The van der Waals surface area contributed by atoms with Crippen molar-refractivity contribution in [2.75, 3.05) is 24.6 Å². The smallest absolute Gasteiger partial charge is 0.309 e. The number of carbonyl (C=O) groups excluding carboxylic acids is 2. The fourth-order valence-corrected chi connectivity index (χ4v) is 6.16. The summed E-state index contributed by atoms with van der Waals surface area (Å²) in [6, 6.07) is 2.02. The Labute approximate surface area is 222 Å². The molecule has 3 heterocycles. The van der Waals surface area contributed by atoms with E-state index in [9.17, 15) is 19.6 Å². The van der Waals surface area contributed by atoms with Crippen molar-refractivity contribution in [1.29, 1.82) is 5.26 Å². The van der Waals surface area contributed by atoms with Crippen molar-refractivity contribution in [3.05, 3.63) is 31.9 Å². The number of rotatable bonds is 8. The van der Waals surface area contributed by atoms with Crippen molar-refractivity contribution in [2.24, 2.45) is 5.92 Å². The number of nitriles is 1. The molecule has 0 bridgehead atoms. The number of thiocarbonyl (C=S) groups is 1. The number of hydrogen-bond acceptors (Lipinski definition) is 8. The molecule has 0 spiro atoms. The number of pyridine rings is 1. The molecule has 10 heteroatoms. The van der Waals surface area contributed by atoms with Crippen LogP contribution in [0.15, 0.2) is 9.70 Å². The van der Waals surface area contributed by atoms with Crippen LogP contribution in [0.3, 0.4) is 0 Å². The molecule has 0 atom stereocenters. The minimum atomic E-state index is -0.321. The van der Waals surface area contributed by atoms with Gasteiger partial charge in [0.2, 0.25) is 0 Å². The molecular formula is C26H34N4O4S2. The molecule has 0 unspecified atom stereocenters. The van der Waals surface area contributed by atoms with E-state index >= 15 is 0 Å². The second kappa shape index (κ2) is 12.1. The molecule has 36 heavy (non-hydrogen) atoms. The maximum absolute atomic E-state index is 13.4. The van der Waals surface area contributed by atoms with Gasteiger partial charge in [0, 0.05) is 31.2 Å². The van der Waals surface area contributed by atoms with Crippen LogP contribution >= 0.6 is 24.0 Å². The van der Waals surface area contributed by atoms with E-state index in [2.05, 4.69) is 11.0 Å². The van der Waals surface area contributed by atoms with E-state index < -0.39 is 0 Å². The third-order valence-electron chi connectivity index (χ3n) is 6.61. The van der Waals surface area contributed by atoms with Crippen LogP contribution in [-0.4, -0.2) is 51.4 Å². The van der Waals surface area contributed by atoms with Crippen molar-refractivity contribution < 1.29 is 14.3 Å². The van der Waals surface area contributed by atoms with Crippen LogP contribution in [-0.2, 0) is 20.9 Å². The van der Waals surface area contributed by atoms with E-state index in [4.69, 9.17) is 17.0 Å². The largest absolute Gasteiger partial charge is 0.466 e. The lowest BCUT2D eigenvalue weighted by molar-refractivity contribution is -0.148. The molecule has 0 N–H and O–H groups in total. The number of unbranched alkanes of at least 4 members (excludes halogenated alkanes) is 1. The van der Waals surface area contributed by atoms with Crippen LogP contribution in [0.5, 0.6) is 0 Å². The first-order chi connectivity index (χ1) is 17.2. The Balaban J connectivity index is 2.15. The highest BCUT2D eigenvalue weighted by atomic mass is 32.2. The van der Waals surface area contributed by atoms with Gasteiger partial charge in [-0.15, -0.1) is 0 Å². The Bertz CT molecular complexity index is 1170. The van der Waals surface area contributed by atoms with Crippen LogP contribution in [0, 0.1) is 24.2 Å². The van der Waals surface area contributed by atoms with Gasteiger partial charge >= 0.3 is 5.97 Å². The van der Waals surface area contributed by atoms with E-state index in [0.29, 0.717) is 65.3 Å². The third kappa shape index (κ3) is 5.52. The highest BCUT2D eigenvalue weighted by molar-refractivity contribution is 8.26. The Morgan fingerprint density at radius 1 is 1.28 bits per heavy atom. The molecule has 0 aliphatic carbocycles. The zero-order valence-corrected chi connectivity index (χ0v) is 23.3. The highest BCUT2D eigenvalue weighted by Gasteiger charge is 2.35. The van der Waals surface area contributed by atoms with Crippen molar-refractivity contribution in [3.63, 3.8) is 0 Å². The summed E-state index contributed by atoms with van der Waals surface area (Å²) in [5.74, 6) is 0.162. The molecule has 2 aliphatic heterocycles. The Morgan fingerprint density at radius 3 is 2.47 bits per heavy atom. The van der Waals surface area contributed by atoms with Gasteiger partial charge < -0.3 is 9.64 Å². The van der Waals surface area contributed by atoms with Crippen LogP contribution in [0.1, 0.15) is 70.1 Å². The normalized spacial score (nSPS) is 17.9. The summed E-state index contributed by atoms with van der Waals surface area (Å²) in [6.07, 6.45) is 4.65. The van der Waals surface area contributed by atoms with Crippen molar-refractivity contribution in [1.82, 2.24) is 9.47 Å². The van der Waals surface area contributed by atoms with Gasteiger partial charge in [-0.3, -0.25) is 23.9 Å². The average molecular weight is 531 g/mol. The minimum Gasteiger partial charge on any atom is -0.466 e. The summed E-state index contributed by atoms with van der Waals surface area (Å²) in [5.41, 5.74) is 0.994. The van der Waals surface area contributed by atoms with E-state index in [1.165, 1.54) is 11.8 Å². The zero-order valence-electron chi connectivity index (χ0n) is 21.6. The number of thioether (sulfide) groups is 1. The molecule has 194 valence electrons. The molecule has 1 aromatic heterocycles. The van der Waals surface area contributed by atoms with E-state index in [1.807, 2.05) is 20.8 Å². The molecule has 2 saturated heterocycles. The number of ether oxygens (including phenoxy) is 1. The zero-order chi connectivity index (χ0) is 26.6. The summed E-state index contributed by atoms with van der Waals surface area (Å²) < 4.78 is 7.39. The maximum atomic E-state index is 13.4. The lowest BCUT2D eigenvalue weighted by Gasteiger charge is -2.35. The van der Waals surface area contributed by atoms with Crippen LogP contribution in [0.4, 0.5) is 5.82 Å². The van der Waals surface area contributed by atoms with Crippen LogP contribution in [0.25, 0.3) is 6.08 Å². The predicted octanol–water partition coefficient (Wildman–Crippen LogP) is 4.22. The van der Waals surface area contributed by atoms with E-state index in [1.54, 1.807) is 29.4 Å². The van der Waals surface area contributed by atoms with Crippen LogP contribution < -0.4 is 10.5 Å². The number of esters is 1. The monoisotopic (exact) mass is 530 g/mol. The third-order valence-corrected chi connectivity index (χ3v) is 7.94. The summed E-state index contributed by atoms with van der Waals surface area (Å²) in [6.45, 7) is 11.4. The molecule has 1 amide bonds. The first-order valence-corrected chi connectivity index (χ1v) is 13.7. The quantitative estimate of drug-likeness (QED) is 0.280. The summed E-state index contributed by atoms with van der Waals surface area (Å²) in [7, 11) is 0. The fourth-order valence-electron chi connectivity index (χ4n) is 4.65. The van der Waals surface area contributed by atoms with Gasteiger partial charge in [0.1, 0.15) is 21.8 Å². The molecule has 8 nitrogen and oxygen atoms in total. The standard InChI is InChI=1S/C26H34N4O4S2/c1-6-8-11-29-22(28-12-9-18(10-13-28)25(33)34-7-2)19(17(5)20(15-27)23(29)31)14-21-24(32)30(16(3)4)26(35)36-21/h14,16,18H,6-13H2,1-5H3/b21-14-. The number of aromatic nitrogens is 1. The molecule has 1 aromatic rings. The highest BCUT2D eigenvalue weighted by Crippen LogP contribution is 2.37. The van der Waals surface area contributed by atoms with E-state index in [-0.39, 0.29) is 35.0 Å². The van der Waals surface area contributed by atoms with Gasteiger partial charge in [-0.2, -0.15) is 5.26 Å². The Hall–Kier alpha value is -2.64. The van der Waals surface area contributed by atoms with Gasteiger partial charge in [0.05, 0.1) is 17.4 Å². The lowest BCUT2D eigenvalue weighted by Crippen LogP contribution is -2.41. The maximum Gasteiger partial charge on any atom is 0.309 e. The number of hydrogen-bond donors (Lipinski definition) is 0. The second-order valence-electron chi connectivity index (χ2n) is 9.32. The molecule has 0 aromatic carbocycles. The van der Waals surface area contributed by atoms with Gasteiger partial charge in [0.25, 0.3) is 11.5 Å². The van der Waals surface area contributed by atoms with Gasteiger partial charge in [-0.05, 0) is 58.6 Å². The molecule has 2 aliphatic rings. The predicted molar refractivity (Wildman–Crippen MR) is 147 cm³/mol. The van der Waals surface area contributed by atoms with Crippen molar-refractivity contribution >= 4 is 52.1 Å². The lowest BCUT2D eigenvalue weighted by atomic mass is 9.95. The number of anilines is 1. The SMILES string of the molecule is CCCCn1c(N2CCC(C(=O)OCC)CC2)c(/C=C2\SC(=S)N(C(C)C)C2=O)c(C)c(C#N)c1=O. The van der Waals surface area contributed by atoms with E-state index in [0.717, 1.165) is 12.8 Å². The number of nitrogens with zero attached hydrogens (tertiary/aromatic N) is 4. The Kier molecular flexibility index (Phi) is 9.36. The number of amides is 1. The topological polar surface area (TPSA) is 95.6 Å². The molecule has 0 radical (unpaired) electrons. The van der Waals surface area contributed by atoms with Gasteiger partial charge in [0.15, 0.2) is 0 Å². The molecule has 0 saturated carbocycles. The summed E-state index contributed by atoms with van der Waals surface area (Å²) in [4.78, 5) is 43.0. The number of carbonyl (C=O) groups is 2. The van der Waals surface area contributed by atoms with Crippen LogP contribution in [0.2, 0.25) is 0 Å². The Morgan fingerprint density at radius 2 is 1.94 bits per heavy atom. The fraction of sp³-hybridized carbons (Fsp3) is 0.577. The minimum absolute atomic E-state index is 0.0703. The van der Waals surface area contributed by atoms with Gasteiger partial charge in [-0.1, -0.05) is 37.3 Å².